The number of aryl methyl sites for hydroxylation is 1. The lowest BCUT2D eigenvalue weighted by atomic mass is 9.90. The Balaban J connectivity index is 1.59. The molecular weight excluding hydrogens is 350 g/mol. The summed E-state index contributed by atoms with van der Waals surface area (Å²) in [4.78, 5) is 31.3. The maximum Gasteiger partial charge on any atom is 0.274 e. The normalized spacial score (nSPS) is 20.8. The van der Waals surface area contributed by atoms with Gasteiger partial charge in [-0.2, -0.15) is 5.10 Å². The first-order valence-corrected chi connectivity index (χ1v) is 10.0. The molecule has 0 bridgehead atoms. The molecule has 2 aromatic heterocycles. The number of aromatic nitrogens is 3. The predicted octanol–water partition coefficient (Wildman–Crippen LogP) is 2.15. The molecule has 1 saturated carbocycles. The molecule has 1 fully saturated rings. The molecule has 2 amide bonds. The molecule has 26 heavy (non-hydrogen) atoms. The first kappa shape index (κ1) is 17.2. The highest BCUT2D eigenvalue weighted by molar-refractivity contribution is 7.09. The van der Waals surface area contributed by atoms with Gasteiger partial charge in [-0.1, -0.05) is 19.3 Å². The smallest absolute Gasteiger partial charge is 0.274 e. The van der Waals surface area contributed by atoms with Gasteiger partial charge in [0.25, 0.3) is 5.91 Å². The van der Waals surface area contributed by atoms with E-state index in [1.165, 1.54) is 19.3 Å². The van der Waals surface area contributed by atoms with E-state index in [9.17, 15) is 9.59 Å². The zero-order valence-corrected chi connectivity index (χ0v) is 15.7. The fourth-order valence-electron chi connectivity index (χ4n) is 4.13. The number of rotatable bonds is 3. The van der Waals surface area contributed by atoms with E-state index in [0.717, 1.165) is 29.1 Å². The lowest BCUT2D eigenvalue weighted by Crippen LogP contribution is -2.46. The summed E-state index contributed by atoms with van der Waals surface area (Å²) in [5.74, 6) is -0.287. The van der Waals surface area contributed by atoms with Gasteiger partial charge in [0.05, 0.1) is 11.2 Å². The minimum absolute atomic E-state index is 0.221. The van der Waals surface area contributed by atoms with Gasteiger partial charge in [0, 0.05) is 42.6 Å². The summed E-state index contributed by atoms with van der Waals surface area (Å²) < 4.78 is 1.75. The van der Waals surface area contributed by atoms with Gasteiger partial charge in [0.2, 0.25) is 5.91 Å². The minimum Gasteiger partial charge on any atom is -0.368 e. The third-order valence-corrected chi connectivity index (χ3v) is 6.52. The van der Waals surface area contributed by atoms with Crippen molar-refractivity contribution in [2.45, 2.75) is 50.5 Å². The van der Waals surface area contributed by atoms with Crippen molar-refractivity contribution in [2.24, 2.45) is 12.8 Å². The maximum atomic E-state index is 13.1. The van der Waals surface area contributed by atoms with E-state index in [1.807, 2.05) is 12.4 Å². The van der Waals surface area contributed by atoms with Gasteiger partial charge >= 0.3 is 0 Å². The quantitative estimate of drug-likeness (QED) is 0.892. The van der Waals surface area contributed by atoms with Crippen LogP contribution in [-0.4, -0.2) is 38.0 Å². The molecule has 2 N–H and O–H groups in total. The van der Waals surface area contributed by atoms with Gasteiger partial charge in [-0.15, -0.1) is 11.3 Å². The van der Waals surface area contributed by atoms with Crippen LogP contribution in [0.25, 0.3) is 0 Å². The predicted molar refractivity (Wildman–Crippen MR) is 97.8 cm³/mol. The van der Waals surface area contributed by atoms with Crippen molar-refractivity contribution in [1.82, 2.24) is 19.7 Å². The number of carbonyl (C=O) groups is 2. The van der Waals surface area contributed by atoms with Crippen molar-refractivity contribution >= 4 is 23.2 Å². The van der Waals surface area contributed by atoms with Gasteiger partial charge < -0.3 is 10.6 Å². The van der Waals surface area contributed by atoms with Crippen LogP contribution in [0.2, 0.25) is 0 Å². The van der Waals surface area contributed by atoms with Crippen molar-refractivity contribution in [3.05, 3.63) is 33.5 Å². The summed E-state index contributed by atoms with van der Waals surface area (Å²) in [5.41, 5.74) is 7.74. The lowest BCUT2D eigenvalue weighted by Gasteiger charge is -2.33. The molecule has 1 unspecified atom stereocenters. The van der Waals surface area contributed by atoms with Crippen LogP contribution in [0.15, 0.2) is 11.6 Å². The summed E-state index contributed by atoms with van der Waals surface area (Å²) in [5, 5.41) is 7.09. The van der Waals surface area contributed by atoms with Gasteiger partial charge in [-0.05, 0) is 12.8 Å². The van der Waals surface area contributed by atoms with E-state index >= 15 is 0 Å². The van der Waals surface area contributed by atoms with Crippen molar-refractivity contribution in [2.75, 3.05) is 6.54 Å². The third kappa shape index (κ3) is 2.92. The second kappa shape index (κ2) is 6.83. The Morgan fingerprint density at radius 1 is 1.27 bits per heavy atom. The summed E-state index contributed by atoms with van der Waals surface area (Å²) in [6.45, 7) is 0.440. The number of thiazole rings is 1. The summed E-state index contributed by atoms with van der Waals surface area (Å²) >= 11 is 1.56. The molecule has 3 heterocycles. The number of carbonyl (C=O) groups excluding carboxylic acids is 2. The molecule has 0 radical (unpaired) electrons. The van der Waals surface area contributed by atoms with Crippen molar-refractivity contribution < 1.29 is 9.59 Å². The Bertz CT molecular complexity index is 837. The highest BCUT2D eigenvalue weighted by Gasteiger charge is 2.37. The number of fused-ring (bicyclic) bond motifs is 1. The van der Waals surface area contributed by atoms with E-state index in [2.05, 4.69) is 10.1 Å². The highest BCUT2D eigenvalue weighted by atomic mass is 32.1. The van der Waals surface area contributed by atoms with Crippen LogP contribution in [0, 0.1) is 0 Å². The number of primary amides is 1. The Labute approximate surface area is 156 Å². The van der Waals surface area contributed by atoms with Crippen LogP contribution in [0.1, 0.15) is 70.8 Å². The molecule has 0 spiro atoms. The molecule has 4 rings (SSSR count). The zero-order valence-electron chi connectivity index (χ0n) is 14.9. The van der Waals surface area contributed by atoms with E-state index in [0.29, 0.717) is 24.6 Å². The van der Waals surface area contributed by atoms with Gasteiger partial charge in [-0.25, -0.2) is 4.98 Å². The molecule has 138 valence electrons. The largest absolute Gasteiger partial charge is 0.368 e. The fraction of sp³-hybridized carbons (Fsp3) is 0.556. The zero-order chi connectivity index (χ0) is 18.3. The van der Waals surface area contributed by atoms with E-state index in [-0.39, 0.29) is 5.91 Å². The van der Waals surface area contributed by atoms with Gasteiger partial charge in [0.1, 0.15) is 11.7 Å². The van der Waals surface area contributed by atoms with Gasteiger partial charge in [0.15, 0.2) is 0 Å². The summed E-state index contributed by atoms with van der Waals surface area (Å²) in [6, 6.07) is -0.778. The van der Waals surface area contributed by atoms with Crippen LogP contribution >= 0.6 is 11.3 Å². The van der Waals surface area contributed by atoms with Crippen LogP contribution < -0.4 is 5.73 Å². The average Bonchev–Trinajstić information content (AvgIpc) is 3.28. The Morgan fingerprint density at radius 3 is 2.77 bits per heavy atom. The lowest BCUT2D eigenvalue weighted by molar-refractivity contribution is -0.123. The number of nitrogens with two attached hydrogens (primary N) is 1. The molecule has 2 aromatic rings. The monoisotopic (exact) mass is 373 g/mol. The number of hydrogen-bond donors (Lipinski definition) is 1. The SMILES string of the molecule is Cn1ncc2c1CCN(C(=O)c1csc(C3CCCCC3)n1)C2C(N)=O. The second-order valence-corrected chi connectivity index (χ2v) is 8.02. The van der Waals surface area contributed by atoms with E-state index in [4.69, 9.17) is 5.73 Å². The van der Waals surface area contributed by atoms with Crippen LogP contribution in [0.4, 0.5) is 0 Å². The van der Waals surface area contributed by atoms with Crippen molar-refractivity contribution in [3.63, 3.8) is 0 Å². The molecule has 2 aliphatic rings. The minimum atomic E-state index is -0.778. The topological polar surface area (TPSA) is 94.1 Å². The third-order valence-electron chi connectivity index (χ3n) is 5.52. The molecule has 7 nitrogen and oxygen atoms in total. The number of hydrogen-bond acceptors (Lipinski definition) is 5. The summed E-state index contributed by atoms with van der Waals surface area (Å²) in [6.07, 6.45) is 8.33. The van der Waals surface area contributed by atoms with Crippen molar-refractivity contribution in [1.29, 1.82) is 0 Å². The molecular formula is C18H23N5O2S. The second-order valence-electron chi connectivity index (χ2n) is 7.13. The molecule has 1 atom stereocenters. The number of nitrogens with zero attached hydrogens (tertiary/aromatic N) is 4. The van der Waals surface area contributed by atoms with E-state index in [1.54, 1.807) is 27.1 Å². The van der Waals surface area contributed by atoms with Crippen LogP contribution in [0.5, 0.6) is 0 Å². The van der Waals surface area contributed by atoms with Crippen LogP contribution in [-0.2, 0) is 18.3 Å². The average molecular weight is 373 g/mol. The standard InChI is InChI=1S/C18H23N5O2S/c1-22-14-7-8-23(15(16(19)24)12(14)9-20-22)18(25)13-10-26-17(21-13)11-5-3-2-4-6-11/h9-11,15H,2-8H2,1H3,(H2,19,24). The van der Waals surface area contributed by atoms with Crippen LogP contribution in [0.3, 0.4) is 0 Å². The fourth-order valence-corrected chi connectivity index (χ4v) is 5.10. The first-order chi connectivity index (χ1) is 12.6. The van der Waals surface area contributed by atoms with Crippen molar-refractivity contribution in [3.8, 4) is 0 Å². The number of amides is 2. The molecule has 8 heteroatoms. The Hall–Kier alpha value is -2.22. The Morgan fingerprint density at radius 2 is 2.04 bits per heavy atom. The molecule has 1 aliphatic carbocycles. The first-order valence-electron chi connectivity index (χ1n) is 9.12. The molecule has 0 aromatic carbocycles. The maximum absolute atomic E-state index is 13.1. The molecule has 0 saturated heterocycles. The molecule has 1 aliphatic heterocycles. The highest BCUT2D eigenvalue weighted by Crippen LogP contribution is 2.35. The van der Waals surface area contributed by atoms with E-state index < -0.39 is 11.9 Å². The Kier molecular flexibility index (Phi) is 4.52. The summed E-state index contributed by atoms with van der Waals surface area (Å²) in [7, 11) is 1.84. The van der Waals surface area contributed by atoms with Gasteiger partial charge in [-0.3, -0.25) is 14.3 Å².